The Bertz CT molecular complexity index is 1120. The Kier molecular flexibility index (Phi) is 5.33. The predicted octanol–water partition coefficient (Wildman–Crippen LogP) is 3.01. The topological polar surface area (TPSA) is 78.4 Å². The summed E-state index contributed by atoms with van der Waals surface area (Å²) in [6, 6.07) is 5.22. The zero-order valence-corrected chi connectivity index (χ0v) is 18.2. The van der Waals surface area contributed by atoms with E-state index in [9.17, 15) is 18.8 Å². The van der Waals surface area contributed by atoms with Crippen molar-refractivity contribution in [3.8, 4) is 5.69 Å². The molecule has 7 nitrogen and oxygen atoms in total. The Morgan fingerprint density at radius 2 is 1.55 bits per heavy atom. The number of aromatic nitrogens is 2. The molecule has 1 N–H and O–H groups in total. The monoisotopic (exact) mass is 426 g/mol. The van der Waals surface area contributed by atoms with E-state index in [0.717, 1.165) is 12.8 Å². The van der Waals surface area contributed by atoms with Gasteiger partial charge in [0.2, 0.25) is 0 Å². The van der Waals surface area contributed by atoms with Crippen molar-refractivity contribution in [1.29, 1.82) is 0 Å². The van der Waals surface area contributed by atoms with E-state index in [1.165, 1.54) is 33.8 Å². The van der Waals surface area contributed by atoms with Crippen LogP contribution in [-0.2, 0) is 9.59 Å². The molecule has 0 radical (unpaired) electrons. The molecule has 2 amide bonds. The van der Waals surface area contributed by atoms with Crippen molar-refractivity contribution in [2.45, 2.75) is 52.5 Å². The molecule has 0 atom stereocenters. The van der Waals surface area contributed by atoms with Gasteiger partial charge in [-0.15, -0.1) is 0 Å². The van der Waals surface area contributed by atoms with Crippen LogP contribution in [0.5, 0.6) is 0 Å². The summed E-state index contributed by atoms with van der Waals surface area (Å²) in [5, 5.41) is 3.10. The molecule has 1 saturated heterocycles. The first-order chi connectivity index (χ1) is 14.7. The average molecular weight is 426 g/mol. The third kappa shape index (κ3) is 3.40. The van der Waals surface area contributed by atoms with Gasteiger partial charge >= 0.3 is 0 Å². The lowest BCUT2D eigenvalue weighted by molar-refractivity contribution is -0.139. The molecule has 2 aliphatic heterocycles. The number of H-pyrrole nitrogens is 1. The third-order valence-corrected chi connectivity index (χ3v) is 5.86. The van der Waals surface area contributed by atoms with Crippen LogP contribution in [0.1, 0.15) is 57.7 Å². The quantitative estimate of drug-likeness (QED) is 0.746. The molecule has 8 heteroatoms. The second-order valence-electron chi connectivity index (χ2n) is 8.66. The molecule has 2 aliphatic rings. The van der Waals surface area contributed by atoms with Gasteiger partial charge in [-0.2, -0.15) is 0 Å². The summed E-state index contributed by atoms with van der Waals surface area (Å²) in [5.74, 6) is -1.30. The molecule has 1 aromatic heterocycles. The molecule has 1 aromatic carbocycles. The highest BCUT2D eigenvalue weighted by Gasteiger charge is 2.45. The summed E-state index contributed by atoms with van der Waals surface area (Å²) < 4.78 is 14.7. The SMILES string of the molecule is CC(C)c1[nH]n(-c2ccc(F)cc2)c(=O)c1C1=C(N2CCCC2)C(=O)N(C(C)C)C1=O. The number of imide groups is 1. The fourth-order valence-corrected chi connectivity index (χ4v) is 4.35. The largest absolute Gasteiger partial charge is 0.366 e. The highest BCUT2D eigenvalue weighted by atomic mass is 19.1. The minimum absolute atomic E-state index is 0.104. The Labute approximate surface area is 180 Å². The van der Waals surface area contributed by atoms with E-state index in [1.807, 2.05) is 18.7 Å². The minimum Gasteiger partial charge on any atom is -0.366 e. The van der Waals surface area contributed by atoms with Gasteiger partial charge in [0.05, 0.1) is 16.8 Å². The predicted molar refractivity (Wildman–Crippen MR) is 115 cm³/mol. The summed E-state index contributed by atoms with van der Waals surface area (Å²) in [6.45, 7) is 8.77. The van der Waals surface area contributed by atoms with Crippen molar-refractivity contribution >= 4 is 17.4 Å². The Hall–Kier alpha value is -3.16. The van der Waals surface area contributed by atoms with Gasteiger partial charge in [-0.25, -0.2) is 9.07 Å². The first kappa shape index (κ1) is 21.1. The molecule has 164 valence electrons. The second kappa shape index (κ2) is 7.83. The van der Waals surface area contributed by atoms with E-state index < -0.39 is 17.3 Å². The third-order valence-electron chi connectivity index (χ3n) is 5.86. The summed E-state index contributed by atoms with van der Waals surface area (Å²) in [4.78, 5) is 43.5. The first-order valence-electron chi connectivity index (χ1n) is 10.7. The number of likely N-dealkylation sites (tertiary alicyclic amines) is 1. The van der Waals surface area contributed by atoms with Crippen LogP contribution in [0.3, 0.4) is 0 Å². The Balaban J connectivity index is 1.97. The maximum absolute atomic E-state index is 13.6. The number of benzene rings is 1. The normalized spacial score (nSPS) is 17.3. The Morgan fingerprint density at radius 3 is 2.10 bits per heavy atom. The minimum atomic E-state index is -0.439. The fourth-order valence-electron chi connectivity index (χ4n) is 4.35. The lowest BCUT2D eigenvalue weighted by Gasteiger charge is -2.22. The lowest BCUT2D eigenvalue weighted by atomic mass is 9.98. The number of rotatable bonds is 5. The molecule has 0 aliphatic carbocycles. The number of amides is 2. The van der Waals surface area contributed by atoms with Gasteiger partial charge in [-0.3, -0.25) is 24.4 Å². The number of aromatic amines is 1. The fraction of sp³-hybridized carbons (Fsp3) is 0.435. The summed E-state index contributed by atoms with van der Waals surface area (Å²) in [5.41, 5.74) is 1.33. The van der Waals surface area contributed by atoms with E-state index in [-0.39, 0.29) is 29.0 Å². The van der Waals surface area contributed by atoms with Crippen molar-refractivity contribution in [3.05, 3.63) is 57.4 Å². The van der Waals surface area contributed by atoms with Gasteiger partial charge in [0.15, 0.2) is 0 Å². The maximum Gasteiger partial charge on any atom is 0.279 e. The standard InChI is InChI=1S/C23H27FN4O3/c1-13(2)19-17(22(30)28(25-19)16-9-7-15(24)8-10-16)18-20(26-11-5-6-12-26)23(31)27(14(3)4)21(18)29/h7-10,13-14,25H,5-6,11-12H2,1-4H3. The van der Waals surface area contributed by atoms with Crippen LogP contribution in [0.25, 0.3) is 11.3 Å². The molecular weight excluding hydrogens is 399 g/mol. The van der Waals surface area contributed by atoms with E-state index >= 15 is 0 Å². The van der Waals surface area contributed by atoms with Crippen molar-refractivity contribution in [2.24, 2.45) is 0 Å². The molecule has 0 saturated carbocycles. The van der Waals surface area contributed by atoms with Gasteiger partial charge < -0.3 is 4.90 Å². The van der Waals surface area contributed by atoms with Crippen molar-refractivity contribution in [3.63, 3.8) is 0 Å². The number of nitrogens with one attached hydrogen (secondary N) is 1. The van der Waals surface area contributed by atoms with Crippen LogP contribution in [0.2, 0.25) is 0 Å². The second-order valence-corrected chi connectivity index (χ2v) is 8.66. The molecule has 1 fully saturated rings. The van der Waals surface area contributed by atoms with Crippen LogP contribution in [0, 0.1) is 5.82 Å². The zero-order valence-electron chi connectivity index (χ0n) is 18.2. The van der Waals surface area contributed by atoms with E-state index in [1.54, 1.807) is 13.8 Å². The highest BCUT2D eigenvalue weighted by Crippen LogP contribution is 2.36. The van der Waals surface area contributed by atoms with Crippen LogP contribution in [0.4, 0.5) is 4.39 Å². The van der Waals surface area contributed by atoms with Gasteiger partial charge in [0, 0.05) is 24.8 Å². The summed E-state index contributed by atoms with van der Waals surface area (Å²) >= 11 is 0. The van der Waals surface area contributed by atoms with Crippen molar-refractivity contribution < 1.29 is 14.0 Å². The smallest absolute Gasteiger partial charge is 0.279 e. The van der Waals surface area contributed by atoms with E-state index in [4.69, 9.17) is 0 Å². The van der Waals surface area contributed by atoms with Gasteiger partial charge in [-0.1, -0.05) is 13.8 Å². The maximum atomic E-state index is 13.6. The lowest BCUT2D eigenvalue weighted by Crippen LogP contribution is -2.39. The molecule has 2 aromatic rings. The van der Waals surface area contributed by atoms with Gasteiger partial charge in [0.25, 0.3) is 17.4 Å². The van der Waals surface area contributed by atoms with Gasteiger partial charge in [0.1, 0.15) is 11.5 Å². The van der Waals surface area contributed by atoms with Crippen molar-refractivity contribution in [2.75, 3.05) is 13.1 Å². The van der Waals surface area contributed by atoms with Gasteiger partial charge in [-0.05, 0) is 56.9 Å². The highest BCUT2D eigenvalue weighted by molar-refractivity contribution is 6.35. The molecule has 4 rings (SSSR count). The number of hydrogen-bond donors (Lipinski definition) is 1. The number of halogens is 1. The number of hydrogen-bond acceptors (Lipinski definition) is 4. The number of nitrogens with zero attached hydrogens (tertiary/aromatic N) is 3. The summed E-state index contributed by atoms with van der Waals surface area (Å²) in [6.07, 6.45) is 1.87. The Morgan fingerprint density at radius 1 is 0.935 bits per heavy atom. The van der Waals surface area contributed by atoms with Crippen molar-refractivity contribution in [1.82, 2.24) is 19.6 Å². The molecule has 3 heterocycles. The average Bonchev–Trinajstić information content (AvgIpc) is 3.39. The number of carbonyl (C=O) groups excluding carboxylic acids is 2. The van der Waals surface area contributed by atoms with Crippen LogP contribution in [0.15, 0.2) is 34.8 Å². The molecule has 31 heavy (non-hydrogen) atoms. The zero-order chi connectivity index (χ0) is 22.4. The number of carbonyl (C=O) groups is 2. The molecule has 0 bridgehead atoms. The van der Waals surface area contributed by atoms with E-state index in [2.05, 4.69) is 5.10 Å². The first-order valence-corrected chi connectivity index (χ1v) is 10.7. The van der Waals surface area contributed by atoms with Crippen LogP contribution in [-0.4, -0.2) is 50.5 Å². The summed E-state index contributed by atoms with van der Waals surface area (Å²) in [7, 11) is 0. The molecule has 0 spiro atoms. The molecular formula is C23H27FN4O3. The molecule has 0 unspecified atom stereocenters. The van der Waals surface area contributed by atoms with E-state index in [0.29, 0.717) is 30.2 Å². The van der Waals surface area contributed by atoms with Crippen LogP contribution < -0.4 is 5.56 Å². The van der Waals surface area contributed by atoms with Crippen LogP contribution >= 0.6 is 0 Å².